The molecular formula is C14H16N4O3S. The van der Waals surface area contributed by atoms with Crippen molar-refractivity contribution in [1.29, 1.82) is 0 Å². The number of hydrogen-bond acceptors (Lipinski definition) is 6. The van der Waals surface area contributed by atoms with Crippen molar-refractivity contribution < 1.29 is 9.72 Å². The summed E-state index contributed by atoms with van der Waals surface area (Å²) in [5.74, 6) is -0.192. The first-order chi connectivity index (χ1) is 10.4. The van der Waals surface area contributed by atoms with Crippen molar-refractivity contribution in [3.63, 3.8) is 0 Å². The van der Waals surface area contributed by atoms with E-state index in [9.17, 15) is 14.9 Å². The molecule has 0 aliphatic heterocycles. The number of carbonyl (C=O) groups excluding carboxylic acids is 1. The Morgan fingerprint density at radius 1 is 1.45 bits per heavy atom. The smallest absolute Gasteiger partial charge is 0.273 e. The first kappa shape index (κ1) is 16.1. The fourth-order valence-electron chi connectivity index (χ4n) is 1.77. The van der Waals surface area contributed by atoms with E-state index in [1.54, 1.807) is 29.5 Å². The first-order valence-electron chi connectivity index (χ1n) is 6.61. The Hall–Kier alpha value is -2.32. The Labute approximate surface area is 131 Å². The fourth-order valence-corrected chi connectivity index (χ4v) is 2.57. The first-order valence-corrected chi connectivity index (χ1v) is 7.49. The highest BCUT2D eigenvalue weighted by molar-refractivity contribution is 7.13. The molecule has 0 fully saturated rings. The van der Waals surface area contributed by atoms with Gasteiger partial charge in [0.25, 0.3) is 11.6 Å². The maximum absolute atomic E-state index is 12.3. The normalized spacial score (nSPS) is 12.0. The molecular weight excluding hydrogens is 304 g/mol. The van der Waals surface area contributed by atoms with Crippen LogP contribution in [0.3, 0.4) is 0 Å². The van der Waals surface area contributed by atoms with Crippen molar-refractivity contribution in [1.82, 2.24) is 9.88 Å². The topological polar surface area (TPSA) is 102 Å². The van der Waals surface area contributed by atoms with Crippen LogP contribution in [0.4, 0.5) is 5.69 Å². The Morgan fingerprint density at radius 3 is 2.64 bits per heavy atom. The third-order valence-corrected chi connectivity index (χ3v) is 4.26. The Morgan fingerprint density at radius 2 is 2.09 bits per heavy atom. The van der Waals surface area contributed by atoms with Gasteiger partial charge in [0, 0.05) is 42.7 Å². The quantitative estimate of drug-likeness (QED) is 0.671. The number of nitrogens with zero attached hydrogens (tertiary/aromatic N) is 3. The average molecular weight is 320 g/mol. The maximum atomic E-state index is 12.3. The number of likely N-dealkylation sites (N-methyl/N-ethyl adjacent to an activating group) is 1. The van der Waals surface area contributed by atoms with Crippen LogP contribution in [-0.2, 0) is 0 Å². The van der Waals surface area contributed by atoms with E-state index in [1.165, 1.54) is 23.5 Å². The molecule has 1 amide bonds. The monoisotopic (exact) mass is 320 g/mol. The minimum absolute atomic E-state index is 0.0214. The van der Waals surface area contributed by atoms with Gasteiger partial charge < -0.3 is 10.6 Å². The summed E-state index contributed by atoms with van der Waals surface area (Å²) in [6, 6.07) is 6.01. The zero-order chi connectivity index (χ0) is 16.3. The van der Waals surface area contributed by atoms with Crippen molar-refractivity contribution in [3.8, 4) is 10.6 Å². The van der Waals surface area contributed by atoms with E-state index < -0.39 is 4.92 Å². The van der Waals surface area contributed by atoms with Gasteiger partial charge in [0.05, 0.1) is 4.92 Å². The lowest BCUT2D eigenvalue weighted by molar-refractivity contribution is -0.384. The third kappa shape index (κ3) is 3.29. The molecule has 116 valence electrons. The molecule has 0 saturated heterocycles. The second kappa shape index (κ2) is 6.63. The largest absolute Gasteiger partial charge is 0.336 e. The zero-order valence-corrected chi connectivity index (χ0v) is 13.0. The van der Waals surface area contributed by atoms with Crippen molar-refractivity contribution in [2.45, 2.75) is 13.0 Å². The van der Waals surface area contributed by atoms with Gasteiger partial charge in [0.1, 0.15) is 10.7 Å². The summed E-state index contributed by atoms with van der Waals surface area (Å²) in [6.45, 7) is 2.24. The SMILES string of the molecule is CC(CN)N(C)C(=O)c1csc(-c2ccc([N+](=O)[O-])cc2)n1. The van der Waals surface area contributed by atoms with Crippen LogP contribution in [0.1, 0.15) is 17.4 Å². The molecule has 0 saturated carbocycles. The molecule has 0 aliphatic rings. The number of nitro groups is 1. The Kier molecular flexibility index (Phi) is 4.84. The predicted molar refractivity (Wildman–Crippen MR) is 84.8 cm³/mol. The van der Waals surface area contributed by atoms with Gasteiger partial charge in [-0.25, -0.2) is 4.98 Å². The van der Waals surface area contributed by atoms with Gasteiger partial charge in [0.15, 0.2) is 0 Å². The lowest BCUT2D eigenvalue weighted by Gasteiger charge is -2.22. The van der Waals surface area contributed by atoms with Crippen LogP contribution >= 0.6 is 11.3 Å². The predicted octanol–water partition coefficient (Wildman–Crippen LogP) is 2.14. The van der Waals surface area contributed by atoms with E-state index in [1.807, 2.05) is 6.92 Å². The summed E-state index contributed by atoms with van der Waals surface area (Å²) in [5.41, 5.74) is 6.67. The summed E-state index contributed by atoms with van der Waals surface area (Å²) < 4.78 is 0. The van der Waals surface area contributed by atoms with Gasteiger partial charge in [-0.15, -0.1) is 11.3 Å². The number of benzene rings is 1. The van der Waals surface area contributed by atoms with Gasteiger partial charge in [-0.2, -0.15) is 0 Å². The van der Waals surface area contributed by atoms with Crippen LogP contribution in [0.5, 0.6) is 0 Å². The van der Waals surface area contributed by atoms with Gasteiger partial charge >= 0.3 is 0 Å². The number of nitrogens with two attached hydrogens (primary N) is 1. The number of non-ortho nitro benzene ring substituents is 1. The fraction of sp³-hybridized carbons (Fsp3) is 0.286. The molecule has 0 radical (unpaired) electrons. The number of amides is 1. The van der Waals surface area contributed by atoms with Gasteiger partial charge in [-0.05, 0) is 19.1 Å². The minimum Gasteiger partial charge on any atom is -0.336 e. The van der Waals surface area contributed by atoms with Crippen molar-refractivity contribution in [2.75, 3.05) is 13.6 Å². The van der Waals surface area contributed by atoms with Crippen LogP contribution in [0.25, 0.3) is 10.6 Å². The lowest BCUT2D eigenvalue weighted by atomic mass is 10.2. The summed E-state index contributed by atoms with van der Waals surface area (Å²) in [6.07, 6.45) is 0. The number of hydrogen-bond donors (Lipinski definition) is 1. The average Bonchev–Trinajstić information content (AvgIpc) is 3.02. The highest BCUT2D eigenvalue weighted by atomic mass is 32.1. The molecule has 2 rings (SSSR count). The summed E-state index contributed by atoms with van der Waals surface area (Å²) >= 11 is 1.32. The second-order valence-corrected chi connectivity index (χ2v) is 5.70. The highest BCUT2D eigenvalue weighted by Crippen LogP contribution is 2.26. The summed E-state index contributed by atoms with van der Waals surface area (Å²) in [5, 5.41) is 13.0. The Balaban J connectivity index is 2.20. The molecule has 7 nitrogen and oxygen atoms in total. The molecule has 22 heavy (non-hydrogen) atoms. The maximum Gasteiger partial charge on any atom is 0.273 e. The molecule has 2 N–H and O–H groups in total. The van der Waals surface area contributed by atoms with Gasteiger partial charge in [-0.3, -0.25) is 14.9 Å². The molecule has 1 aromatic heterocycles. The molecule has 0 aliphatic carbocycles. The molecule has 2 aromatic rings. The van der Waals surface area contributed by atoms with E-state index in [0.717, 1.165) is 5.56 Å². The molecule has 1 aromatic carbocycles. The van der Waals surface area contributed by atoms with Crippen molar-refractivity contribution in [3.05, 3.63) is 45.5 Å². The minimum atomic E-state index is -0.455. The molecule has 0 spiro atoms. The number of carbonyl (C=O) groups is 1. The summed E-state index contributed by atoms with van der Waals surface area (Å²) in [4.78, 5) is 28.3. The van der Waals surface area contributed by atoms with E-state index in [0.29, 0.717) is 17.2 Å². The van der Waals surface area contributed by atoms with Crippen molar-refractivity contribution in [2.24, 2.45) is 5.73 Å². The number of aromatic nitrogens is 1. The molecule has 1 unspecified atom stereocenters. The van der Waals surface area contributed by atoms with E-state index in [-0.39, 0.29) is 17.6 Å². The number of rotatable bonds is 5. The van der Waals surface area contributed by atoms with E-state index >= 15 is 0 Å². The lowest BCUT2D eigenvalue weighted by Crippen LogP contribution is -2.39. The van der Waals surface area contributed by atoms with Crippen LogP contribution < -0.4 is 5.73 Å². The van der Waals surface area contributed by atoms with Crippen LogP contribution in [0, 0.1) is 10.1 Å². The molecule has 8 heteroatoms. The summed E-state index contributed by atoms with van der Waals surface area (Å²) in [7, 11) is 1.69. The van der Waals surface area contributed by atoms with Crippen LogP contribution in [0.2, 0.25) is 0 Å². The third-order valence-electron chi connectivity index (χ3n) is 3.37. The van der Waals surface area contributed by atoms with E-state index in [2.05, 4.69) is 4.98 Å². The standard InChI is InChI=1S/C14H16N4O3S/c1-9(7-15)17(2)14(19)12-8-22-13(16-12)10-3-5-11(6-4-10)18(20)21/h3-6,8-9H,7,15H2,1-2H3. The van der Waals surface area contributed by atoms with Gasteiger partial charge in [0.2, 0.25) is 0 Å². The molecule has 1 heterocycles. The Bertz CT molecular complexity index is 684. The molecule has 1 atom stereocenters. The number of nitro benzene ring substituents is 1. The van der Waals surface area contributed by atoms with Crippen LogP contribution in [-0.4, -0.2) is 40.3 Å². The van der Waals surface area contributed by atoms with Crippen molar-refractivity contribution >= 4 is 22.9 Å². The zero-order valence-electron chi connectivity index (χ0n) is 12.2. The van der Waals surface area contributed by atoms with E-state index in [4.69, 9.17) is 5.73 Å². The molecule has 0 bridgehead atoms. The van der Waals surface area contributed by atoms with Gasteiger partial charge in [-0.1, -0.05) is 0 Å². The second-order valence-electron chi connectivity index (χ2n) is 4.84. The van der Waals surface area contributed by atoms with Crippen LogP contribution in [0.15, 0.2) is 29.6 Å². The number of thiazole rings is 1. The highest BCUT2D eigenvalue weighted by Gasteiger charge is 2.19.